The van der Waals surface area contributed by atoms with Gasteiger partial charge in [-0.25, -0.2) is 18.4 Å². The number of nitrogens with zero attached hydrogens (tertiary/aromatic N) is 6. The zero-order valence-corrected chi connectivity index (χ0v) is 17.0. The van der Waals surface area contributed by atoms with Gasteiger partial charge in [0.15, 0.2) is 4.21 Å². The van der Waals surface area contributed by atoms with Crippen molar-refractivity contribution >= 4 is 32.9 Å². The summed E-state index contributed by atoms with van der Waals surface area (Å²) in [6.45, 7) is 4.42. The van der Waals surface area contributed by atoms with E-state index < -0.39 is 10.0 Å². The molecule has 28 heavy (non-hydrogen) atoms. The highest BCUT2D eigenvalue weighted by atomic mass is 32.2. The minimum absolute atomic E-state index is 0.0505. The van der Waals surface area contributed by atoms with Gasteiger partial charge in [-0.15, -0.1) is 11.3 Å². The third-order valence-corrected chi connectivity index (χ3v) is 7.73. The number of Topliss-reactive ketones (excluding diaryl/α,β-unsaturated/α-hetero) is 1. The van der Waals surface area contributed by atoms with Crippen molar-refractivity contribution in [2.24, 2.45) is 0 Å². The van der Waals surface area contributed by atoms with Crippen molar-refractivity contribution in [2.75, 3.05) is 19.6 Å². The maximum Gasteiger partial charge on any atom is 0.254 e. The lowest BCUT2D eigenvalue weighted by Crippen LogP contribution is -2.48. The number of fused-ring (bicyclic) bond motifs is 1. The van der Waals surface area contributed by atoms with Crippen LogP contribution in [0.15, 0.2) is 22.8 Å². The van der Waals surface area contributed by atoms with E-state index in [0.29, 0.717) is 23.9 Å². The topological polar surface area (TPSA) is 122 Å². The van der Waals surface area contributed by atoms with Crippen LogP contribution in [0.4, 0.5) is 0 Å². The van der Waals surface area contributed by atoms with Crippen molar-refractivity contribution in [3.63, 3.8) is 0 Å². The third kappa shape index (κ3) is 3.55. The predicted molar refractivity (Wildman–Crippen MR) is 102 cm³/mol. The Labute approximate surface area is 165 Å². The smallest absolute Gasteiger partial charge is 0.254 e. The number of ketones is 1. The van der Waals surface area contributed by atoms with Crippen LogP contribution in [0.25, 0.3) is 5.78 Å². The van der Waals surface area contributed by atoms with Gasteiger partial charge in [0.25, 0.3) is 15.8 Å². The Morgan fingerprint density at radius 3 is 3.00 bits per heavy atom. The van der Waals surface area contributed by atoms with Crippen molar-refractivity contribution in [3.05, 3.63) is 35.0 Å². The molecule has 1 aliphatic heterocycles. The summed E-state index contributed by atoms with van der Waals surface area (Å²) in [6, 6.07) is 1.63. The van der Waals surface area contributed by atoms with Gasteiger partial charge < -0.3 is 5.32 Å². The molecule has 148 valence electrons. The highest BCUT2D eigenvalue weighted by molar-refractivity contribution is 7.91. The van der Waals surface area contributed by atoms with E-state index in [1.54, 1.807) is 4.52 Å². The third-order valence-electron chi connectivity index (χ3n) is 4.43. The number of rotatable bonds is 5. The van der Waals surface area contributed by atoms with Crippen LogP contribution in [-0.4, -0.2) is 62.7 Å². The predicted octanol–water partition coefficient (Wildman–Crippen LogP) is 0.356. The fourth-order valence-electron chi connectivity index (χ4n) is 3.18. The van der Waals surface area contributed by atoms with E-state index in [2.05, 4.69) is 25.4 Å². The van der Waals surface area contributed by atoms with E-state index in [-0.39, 0.29) is 29.0 Å². The number of aryl methyl sites for hydroxylation is 1. The molecule has 0 radical (unpaired) electrons. The molecule has 1 unspecified atom stereocenters. The van der Waals surface area contributed by atoms with Gasteiger partial charge in [0.05, 0.1) is 24.4 Å². The molecule has 3 aromatic heterocycles. The lowest BCUT2D eigenvalue weighted by atomic mass is 10.1. The van der Waals surface area contributed by atoms with Gasteiger partial charge in [0, 0.05) is 25.3 Å². The number of piperazine rings is 1. The molecule has 1 saturated heterocycles. The number of hydrogen-bond donors (Lipinski definition) is 1. The SMILES string of the molecule is CC(=O)Cc1ncc(S(=O)(=O)N2CCNC(c3cc(C)nc4ncnn34)C2)s1. The summed E-state index contributed by atoms with van der Waals surface area (Å²) in [5.41, 5.74) is 1.59. The number of aromatic nitrogens is 5. The fourth-order valence-corrected chi connectivity index (χ4v) is 6.04. The molecule has 3 aromatic rings. The first-order chi connectivity index (χ1) is 13.3. The zero-order chi connectivity index (χ0) is 19.9. The molecule has 0 saturated carbocycles. The van der Waals surface area contributed by atoms with E-state index in [9.17, 15) is 13.2 Å². The Balaban J connectivity index is 1.62. The molecule has 4 rings (SSSR count). The van der Waals surface area contributed by atoms with Crippen LogP contribution in [-0.2, 0) is 21.2 Å². The van der Waals surface area contributed by atoms with E-state index in [1.807, 2.05) is 13.0 Å². The highest BCUT2D eigenvalue weighted by Gasteiger charge is 2.33. The summed E-state index contributed by atoms with van der Waals surface area (Å²) < 4.78 is 29.4. The standard InChI is InChI=1S/C16H19N7O3S2/c1-10-5-13(23-16(21-10)19-9-20-23)12-8-22(4-3-17-12)28(25,26)15-7-18-14(27-15)6-11(2)24/h5,7,9,12,17H,3-4,6,8H2,1-2H3. The number of carbonyl (C=O) groups is 1. The molecule has 12 heteroatoms. The van der Waals surface area contributed by atoms with Crippen molar-refractivity contribution < 1.29 is 13.2 Å². The summed E-state index contributed by atoms with van der Waals surface area (Å²) in [6.07, 6.45) is 2.91. The number of carbonyl (C=O) groups excluding carboxylic acids is 1. The lowest BCUT2D eigenvalue weighted by Gasteiger charge is -2.32. The Morgan fingerprint density at radius 1 is 1.39 bits per heavy atom. The quantitative estimate of drug-likeness (QED) is 0.626. The fraction of sp³-hybridized carbons (Fsp3) is 0.438. The second-order valence-corrected chi connectivity index (χ2v) is 9.90. The van der Waals surface area contributed by atoms with Gasteiger partial charge in [0.1, 0.15) is 17.1 Å². The number of nitrogens with one attached hydrogen (secondary N) is 1. The van der Waals surface area contributed by atoms with Crippen molar-refractivity contribution in [3.8, 4) is 0 Å². The summed E-state index contributed by atoms with van der Waals surface area (Å²) in [5.74, 6) is 0.429. The van der Waals surface area contributed by atoms with Gasteiger partial charge in [-0.05, 0) is 19.9 Å². The monoisotopic (exact) mass is 421 g/mol. The number of hydrogen-bond acceptors (Lipinski definition) is 9. The van der Waals surface area contributed by atoms with Crippen molar-refractivity contribution in [1.82, 2.24) is 34.2 Å². The van der Waals surface area contributed by atoms with Crippen LogP contribution < -0.4 is 5.32 Å². The summed E-state index contributed by atoms with van der Waals surface area (Å²) in [5, 5.41) is 8.06. The van der Waals surface area contributed by atoms with Gasteiger partial charge in [-0.3, -0.25) is 4.79 Å². The molecule has 1 fully saturated rings. The largest absolute Gasteiger partial charge is 0.306 e. The summed E-state index contributed by atoms with van der Waals surface area (Å²) in [7, 11) is -3.69. The molecule has 0 bridgehead atoms. The van der Waals surface area contributed by atoms with Gasteiger partial charge in [-0.2, -0.15) is 18.9 Å². The van der Waals surface area contributed by atoms with Crippen LogP contribution in [0.5, 0.6) is 0 Å². The normalized spacial score (nSPS) is 18.6. The Morgan fingerprint density at radius 2 is 2.21 bits per heavy atom. The zero-order valence-electron chi connectivity index (χ0n) is 15.4. The van der Waals surface area contributed by atoms with Crippen LogP contribution in [0, 0.1) is 6.92 Å². The minimum atomic E-state index is -3.69. The first-order valence-corrected chi connectivity index (χ1v) is 10.9. The molecular formula is C16H19N7O3S2. The van der Waals surface area contributed by atoms with Gasteiger partial charge >= 0.3 is 0 Å². The molecule has 1 aliphatic rings. The molecular weight excluding hydrogens is 402 g/mol. The molecule has 4 heterocycles. The van der Waals surface area contributed by atoms with E-state index in [4.69, 9.17) is 0 Å². The Kier molecular flexibility index (Phi) is 4.95. The first-order valence-electron chi connectivity index (χ1n) is 8.69. The van der Waals surface area contributed by atoms with Crippen molar-refractivity contribution in [1.29, 1.82) is 0 Å². The Hall–Kier alpha value is -2.28. The maximum atomic E-state index is 13.1. The average molecular weight is 422 g/mol. The average Bonchev–Trinajstić information content (AvgIpc) is 3.30. The molecule has 0 spiro atoms. The van der Waals surface area contributed by atoms with E-state index in [1.165, 1.54) is 23.8 Å². The minimum Gasteiger partial charge on any atom is -0.306 e. The Bertz CT molecular complexity index is 1140. The summed E-state index contributed by atoms with van der Waals surface area (Å²) in [4.78, 5) is 23.8. The van der Waals surface area contributed by atoms with Crippen LogP contribution in [0.2, 0.25) is 0 Å². The van der Waals surface area contributed by atoms with Crippen LogP contribution in [0.1, 0.15) is 29.4 Å². The lowest BCUT2D eigenvalue weighted by molar-refractivity contribution is -0.116. The first kappa shape index (κ1) is 19.1. The second kappa shape index (κ2) is 7.28. The van der Waals surface area contributed by atoms with Crippen molar-refractivity contribution in [2.45, 2.75) is 30.5 Å². The maximum absolute atomic E-state index is 13.1. The van der Waals surface area contributed by atoms with E-state index >= 15 is 0 Å². The van der Waals surface area contributed by atoms with Gasteiger partial charge in [0.2, 0.25) is 0 Å². The molecule has 1 atom stereocenters. The van der Waals surface area contributed by atoms with Gasteiger partial charge in [-0.1, -0.05) is 0 Å². The number of thiazole rings is 1. The summed E-state index contributed by atoms with van der Waals surface area (Å²) >= 11 is 1.05. The van der Waals surface area contributed by atoms with Crippen LogP contribution >= 0.6 is 11.3 Å². The molecule has 1 N–H and O–H groups in total. The highest BCUT2D eigenvalue weighted by Crippen LogP contribution is 2.27. The second-order valence-electron chi connectivity index (χ2n) is 6.62. The number of sulfonamides is 1. The molecule has 0 amide bonds. The molecule has 10 nitrogen and oxygen atoms in total. The van der Waals surface area contributed by atoms with Crippen LogP contribution in [0.3, 0.4) is 0 Å². The molecule has 0 aromatic carbocycles. The van der Waals surface area contributed by atoms with E-state index in [0.717, 1.165) is 22.7 Å². The molecule has 0 aliphatic carbocycles.